The van der Waals surface area contributed by atoms with Gasteiger partial charge in [0, 0.05) is 26.2 Å². The SMILES string of the molecule is CON1CC=C(c2ccc3c(c2)CCN(C(=O)OC(C)(C)C)C3)CC1. The van der Waals surface area contributed by atoms with Crippen LogP contribution in [0, 0.1) is 0 Å². The second-order valence-corrected chi connectivity index (χ2v) is 7.69. The summed E-state index contributed by atoms with van der Waals surface area (Å²) in [6, 6.07) is 6.62. The van der Waals surface area contributed by atoms with Crippen LogP contribution in [0.25, 0.3) is 5.57 Å². The van der Waals surface area contributed by atoms with Gasteiger partial charge in [0.15, 0.2) is 0 Å². The normalized spacial score (nSPS) is 18.6. The molecule has 0 atom stereocenters. The van der Waals surface area contributed by atoms with Crippen LogP contribution < -0.4 is 0 Å². The van der Waals surface area contributed by atoms with Gasteiger partial charge in [0.25, 0.3) is 0 Å². The summed E-state index contributed by atoms with van der Waals surface area (Å²) in [5.74, 6) is 0. The first kappa shape index (κ1) is 18.0. The van der Waals surface area contributed by atoms with Gasteiger partial charge < -0.3 is 14.5 Å². The van der Waals surface area contributed by atoms with E-state index in [1.165, 1.54) is 22.3 Å². The van der Waals surface area contributed by atoms with Crippen molar-refractivity contribution in [1.82, 2.24) is 9.96 Å². The zero-order valence-corrected chi connectivity index (χ0v) is 15.7. The summed E-state index contributed by atoms with van der Waals surface area (Å²) in [6.07, 6.45) is 3.89. The summed E-state index contributed by atoms with van der Waals surface area (Å²) in [5, 5.41) is 1.96. The third-order valence-corrected chi connectivity index (χ3v) is 4.67. The van der Waals surface area contributed by atoms with Gasteiger partial charge in [-0.25, -0.2) is 4.79 Å². The molecule has 1 aromatic carbocycles. The highest BCUT2D eigenvalue weighted by molar-refractivity contribution is 5.70. The van der Waals surface area contributed by atoms with E-state index in [9.17, 15) is 4.79 Å². The number of hydrogen-bond acceptors (Lipinski definition) is 4. The van der Waals surface area contributed by atoms with Crippen LogP contribution in [-0.2, 0) is 22.5 Å². The number of amides is 1. The van der Waals surface area contributed by atoms with Crippen molar-refractivity contribution in [2.45, 2.75) is 45.8 Å². The van der Waals surface area contributed by atoms with E-state index in [4.69, 9.17) is 9.57 Å². The van der Waals surface area contributed by atoms with Gasteiger partial charge in [-0.15, -0.1) is 0 Å². The van der Waals surface area contributed by atoms with Crippen LogP contribution >= 0.6 is 0 Å². The highest BCUT2D eigenvalue weighted by Crippen LogP contribution is 2.28. The smallest absolute Gasteiger partial charge is 0.410 e. The fourth-order valence-corrected chi connectivity index (χ4v) is 3.31. The average molecular weight is 344 g/mol. The number of hydroxylamine groups is 2. The zero-order valence-electron chi connectivity index (χ0n) is 15.7. The van der Waals surface area contributed by atoms with Crippen molar-refractivity contribution in [1.29, 1.82) is 0 Å². The van der Waals surface area contributed by atoms with E-state index in [2.05, 4.69) is 24.3 Å². The number of rotatable bonds is 2. The molecule has 0 fully saturated rings. The first-order chi connectivity index (χ1) is 11.9. The number of fused-ring (bicyclic) bond motifs is 1. The Kier molecular flexibility index (Phi) is 5.16. The lowest BCUT2D eigenvalue weighted by Crippen LogP contribution is -2.39. The van der Waals surface area contributed by atoms with Crippen LogP contribution in [0.1, 0.15) is 43.9 Å². The molecule has 0 radical (unpaired) electrons. The first-order valence-electron chi connectivity index (χ1n) is 8.94. The molecule has 5 nitrogen and oxygen atoms in total. The topological polar surface area (TPSA) is 42.0 Å². The summed E-state index contributed by atoms with van der Waals surface area (Å²) in [7, 11) is 1.72. The Morgan fingerprint density at radius 1 is 1.12 bits per heavy atom. The monoisotopic (exact) mass is 344 g/mol. The number of nitrogens with zero attached hydrogens (tertiary/aromatic N) is 2. The van der Waals surface area contributed by atoms with Gasteiger partial charge in [-0.05, 0) is 55.9 Å². The van der Waals surface area contributed by atoms with E-state index < -0.39 is 5.60 Å². The van der Waals surface area contributed by atoms with Crippen molar-refractivity contribution < 1.29 is 14.4 Å². The highest BCUT2D eigenvalue weighted by atomic mass is 16.7. The van der Waals surface area contributed by atoms with Crippen LogP contribution in [-0.4, -0.2) is 48.4 Å². The summed E-state index contributed by atoms with van der Waals surface area (Å²) in [5.41, 5.74) is 4.78. The molecular weight excluding hydrogens is 316 g/mol. The van der Waals surface area contributed by atoms with Gasteiger partial charge in [0.1, 0.15) is 5.60 Å². The molecule has 1 aromatic rings. The summed E-state index contributed by atoms with van der Waals surface area (Å²) < 4.78 is 5.49. The zero-order chi connectivity index (χ0) is 18.0. The summed E-state index contributed by atoms with van der Waals surface area (Å²) >= 11 is 0. The van der Waals surface area contributed by atoms with E-state index in [1.54, 1.807) is 12.0 Å². The fraction of sp³-hybridized carbons (Fsp3) is 0.550. The van der Waals surface area contributed by atoms with Crippen LogP contribution in [0.15, 0.2) is 24.3 Å². The minimum Gasteiger partial charge on any atom is -0.444 e. The second kappa shape index (κ2) is 7.18. The molecule has 0 saturated carbocycles. The highest BCUT2D eigenvalue weighted by Gasteiger charge is 2.26. The first-order valence-corrected chi connectivity index (χ1v) is 8.94. The lowest BCUT2D eigenvalue weighted by atomic mass is 9.92. The molecule has 2 heterocycles. The Labute approximate surface area is 150 Å². The molecule has 0 unspecified atom stereocenters. The molecule has 2 aliphatic heterocycles. The molecule has 0 bridgehead atoms. The quantitative estimate of drug-likeness (QED) is 0.822. The molecule has 1 amide bonds. The standard InChI is InChI=1S/C20H28N2O3/c1-20(2,3)25-19(23)21-10-7-17-13-16(5-6-18(17)14-21)15-8-11-22(24-4)12-9-15/h5-6,8,13H,7,9-12,14H2,1-4H3. The predicted molar refractivity (Wildman–Crippen MR) is 98.0 cm³/mol. The van der Waals surface area contributed by atoms with Gasteiger partial charge in [0.2, 0.25) is 0 Å². The molecule has 25 heavy (non-hydrogen) atoms. The fourth-order valence-electron chi connectivity index (χ4n) is 3.31. The van der Waals surface area contributed by atoms with Gasteiger partial charge in [-0.1, -0.05) is 24.3 Å². The lowest BCUT2D eigenvalue weighted by molar-refractivity contribution is -0.122. The molecular formula is C20H28N2O3. The maximum atomic E-state index is 12.3. The largest absolute Gasteiger partial charge is 0.444 e. The predicted octanol–water partition coefficient (Wildman–Crippen LogP) is 3.63. The molecule has 136 valence electrons. The molecule has 0 aromatic heterocycles. The second-order valence-electron chi connectivity index (χ2n) is 7.69. The summed E-state index contributed by atoms with van der Waals surface area (Å²) in [6.45, 7) is 8.79. The van der Waals surface area contributed by atoms with E-state index in [0.717, 1.165) is 25.9 Å². The summed E-state index contributed by atoms with van der Waals surface area (Å²) in [4.78, 5) is 19.3. The maximum absolute atomic E-state index is 12.3. The molecule has 0 N–H and O–H groups in total. The van der Waals surface area contributed by atoms with Gasteiger partial charge >= 0.3 is 6.09 Å². The third-order valence-electron chi connectivity index (χ3n) is 4.67. The van der Waals surface area contributed by atoms with Crippen molar-refractivity contribution in [2.24, 2.45) is 0 Å². The lowest BCUT2D eigenvalue weighted by Gasteiger charge is -2.31. The molecule has 2 aliphatic rings. The van der Waals surface area contributed by atoms with Crippen molar-refractivity contribution in [3.8, 4) is 0 Å². The Hall–Kier alpha value is -1.85. The molecule has 0 spiro atoms. The van der Waals surface area contributed by atoms with Crippen molar-refractivity contribution >= 4 is 11.7 Å². The Morgan fingerprint density at radius 3 is 2.56 bits per heavy atom. The van der Waals surface area contributed by atoms with Crippen LogP contribution in [0.2, 0.25) is 0 Å². The van der Waals surface area contributed by atoms with Crippen molar-refractivity contribution in [2.75, 3.05) is 26.7 Å². The maximum Gasteiger partial charge on any atom is 0.410 e. The molecule has 0 aliphatic carbocycles. The number of ether oxygens (including phenoxy) is 1. The van der Waals surface area contributed by atoms with Crippen molar-refractivity contribution in [3.05, 3.63) is 41.0 Å². The Bertz CT molecular complexity index is 676. The number of carbonyl (C=O) groups excluding carboxylic acids is 1. The number of carbonyl (C=O) groups is 1. The number of benzene rings is 1. The minimum absolute atomic E-state index is 0.225. The molecule has 3 rings (SSSR count). The Balaban J connectivity index is 1.70. The van der Waals surface area contributed by atoms with E-state index in [1.807, 2.05) is 25.8 Å². The average Bonchev–Trinajstić information content (AvgIpc) is 2.59. The minimum atomic E-state index is -0.454. The molecule has 5 heteroatoms. The van der Waals surface area contributed by atoms with Gasteiger partial charge in [-0.2, -0.15) is 5.06 Å². The van der Waals surface area contributed by atoms with Gasteiger partial charge in [-0.3, -0.25) is 0 Å². The molecule has 0 saturated heterocycles. The van der Waals surface area contributed by atoms with Crippen LogP contribution in [0.5, 0.6) is 0 Å². The van der Waals surface area contributed by atoms with Gasteiger partial charge in [0.05, 0.1) is 7.11 Å². The number of hydrogen-bond donors (Lipinski definition) is 0. The van der Waals surface area contributed by atoms with Crippen LogP contribution in [0.3, 0.4) is 0 Å². The third kappa shape index (κ3) is 4.41. The van der Waals surface area contributed by atoms with E-state index >= 15 is 0 Å². The van der Waals surface area contributed by atoms with E-state index in [-0.39, 0.29) is 6.09 Å². The van der Waals surface area contributed by atoms with E-state index in [0.29, 0.717) is 13.1 Å². The van der Waals surface area contributed by atoms with Crippen molar-refractivity contribution in [3.63, 3.8) is 0 Å². The van der Waals surface area contributed by atoms with Crippen LogP contribution in [0.4, 0.5) is 4.79 Å². The Morgan fingerprint density at radius 2 is 1.92 bits per heavy atom.